The molecule has 4 heteroatoms. The summed E-state index contributed by atoms with van der Waals surface area (Å²) < 4.78 is 0. The third-order valence-electron chi connectivity index (χ3n) is 4.07. The van der Waals surface area contributed by atoms with Crippen LogP contribution in [-0.4, -0.2) is 16.7 Å². The summed E-state index contributed by atoms with van der Waals surface area (Å²) >= 11 is 7.37. The monoisotopic (exact) mass is 357 g/mol. The van der Waals surface area contributed by atoms with Gasteiger partial charge in [-0.1, -0.05) is 67.4 Å². The van der Waals surface area contributed by atoms with Crippen molar-refractivity contribution in [2.24, 2.45) is 0 Å². The first kappa shape index (κ1) is 17.1. The predicted molar refractivity (Wildman–Crippen MR) is 103 cm³/mol. The smallest absolute Gasteiger partial charge is 0.287 e. The molecule has 0 aliphatic carbocycles. The molecule has 24 heavy (non-hydrogen) atoms. The van der Waals surface area contributed by atoms with E-state index in [1.165, 1.54) is 11.8 Å². The van der Waals surface area contributed by atoms with Crippen LogP contribution in [0.3, 0.4) is 0 Å². The molecule has 1 unspecified atom stereocenters. The second kappa shape index (κ2) is 7.91. The van der Waals surface area contributed by atoms with Gasteiger partial charge in [0, 0.05) is 16.5 Å². The Labute approximate surface area is 152 Å². The zero-order chi connectivity index (χ0) is 16.9. The average molecular weight is 358 g/mol. The Morgan fingerprint density at radius 3 is 2.50 bits per heavy atom. The first-order valence-electron chi connectivity index (χ1n) is 8.19. The van der Waals surface area contributed by atoms with Crippen LogP contribution in [0, 0.1) is 0 Å². The summed E-state index contributed by atoms with van der Waals surface area (Å²) in [6.07, 6.45) is 4.20. The van der Waals surface area contributed by atoms with Crippen molar-refractivity contribution >= 4 is 34.7 Å². The maximum absolute atomic E-state index is 12.6. The lowest BCUT2D eigenvalue weighted by Gasteiger charge is -2.24. The minimum atomic E-state index is -0.0217. The Kier molecular flexibility index (Phi) is 5.64. The summed E-state index contributed by atoms with van der Waals surface area (Å²) in [4.78, 5) is 15.6. The van der Waals surface area contributed by atoms with E-state index < -0.39 is 0 Å². The van der Waals surface area contributed by atoms with Gasteiger partial charge in [-0.15, -0.1) is 0 Å². The average Bonchev–Trinajstić information content (AvgIpc) is 2.90. The first-order valence-corrected chi connectivity index (χ1v) is 9.39. The van der Waals surface area contributed by atoms with Crippen molar-refractivity contribution < 1.29 is 4.79 Å². The maximum atomic E-state index is 12.6. The van der Waals surface area contributed by atoms with Crippen molar-refractivity contribution in [1.29, 1.82) is 0 Å². The molecule has 0 aromatic heterocycles. The highest BCUT2D eigenvalue weighted by Crippen LogP contribution is 2.46. The molecule has 0 bridgehead atoms. The van der Waals surface area contributed by atoms with Crippen LogP contribution in [0.5, 0.6) is 0 Å². The molecule has 1 fully saturated rings. The lowest BCUT2D eigenvalue weighted by Crippen LogP contribution is -2.27. The fourth-order valence-electron chi connectivity index (χ4n) is 2.83. The minimum absolute atomic E-state index is 0.0217. The van der Waals surface area contributed by atoms with Crippen LogP contribution in [0.25, 0.3) is 6.08 Å². The standard InChI is InChI=1S/C20H20ClNOS/c1-2-3-13-22-19(16-9-11-17(21)12-10-16)18(24-20(22)23)14-15-7-5-4-6-8-15/h4-12,14,19H,2-3,13H2,1H3/b18-14-. The van der Waals surface area contributed by atoms with Gasteiger partial charge in [-0.2, -0.15) is 0 Å². The molecule has 2 aromatic carbocycles. The minimum Gasteiger partial charge on any atom is -0.322 e. The predicted octanol–water partition coefficient (Wildman–Crippen LogP) is 6.39. The molecule has 1 amide bonds. The zero-order valence-corrected chi connectivity index (χ0v) is 15.2. The van der Waals surface area contributed by atoms with Gasteiger partial charge in [0.2, 0.25) is 0 Å². The van der Waals surface area contributed by atoms with Gasteiger partial charge < -0.3 is 4.90 Å². The lowest BCUT2D eigenvalue weighted by molar-refractivity contribution is 0.214. The largest absolute Gasteiger partial charge is 0.322 e. The number of carbonyl (C=O) groups excluding carboxylic acids is 1. The normalized spacial score (nSPS) is 19.2. The van der Waals surface area contributed by atoms with Gasteiger partial charge in [0.05, 0.1) is 6.04 Å². The fraction of sp³-hybridized carbons (Fsp3) is 0.250. The molecule has 3 rings (SSSR count). The van der Waals surface area contributed by atoms with Crippen molar-refractivity contribution in [1.82, 2.24) is 4.90 Å². The van der Waals surface area contributed by atoms with Gasteiger partial charge in [-0.3, -0.25) is 4.79 Å². The highest BCUT2D eigenvalue weighted by Gasteiger charge is 2.36. The van der Waals surface area contributed by atoms with E-state index in [2.05, 4.69) is 25.1 Å². The van der Waals surface area contributed by atoms with E-state index >= 15 is 0 Å². The molecule has 0 N–H and O–H groups in total. The number of halogens is 1. The number of hydrogen-bond acceptors (Lipinski definition) is 2. The summed E-state index contributed by atoms with van der Waals surface area (Å²) in [5.74, 6) is 0. The molecule has 1 saturated heterocycles. The molecule has 1 aliphatic heterocycles. The van der Waals surface area contributed by atoms with Gasteiger partial charge in [-0.05, 0) is 47.5 Å². The molecule has 1 aliphatic rings. The van der Waals surface area contributed by atoms with Crippen molar-refractivity contribution in [2.45, 2.75) is 25.8 Å². The molecular weight excluding hydrogens is 338 g/mol. The van der Waals surface area contributed by atoms with Crippen LogP contribution >= 0.6 is 23.4 Å². The summed E-state index contributed by atoms with van der Waals surface area (Å²) in [7, 11) is 0. The van der Waals surface area contributed by atoms with Crippen LogP contribution in [0.1, 0.15) is 36.9 Å². The van der Waals surface area contributed by atoms with E-state index in [0.29, 0.717) is 5.02 Å². The number of unbranched alkanes of at least 4 members (excludes halogenated alkanes) is 1. The van der Waals surface area contributed by atoms with Crippen LogP contribution in [-0.2, 0) is 0 Å². The Morgan fingerprint density at radius 2 is 1.83 bits per heavy atom. The van der Waals surface area contributed by atoms with Crippen molar-refractivity contribution in [3.63, 3.8) is 0 Å². The SMILES string of the molecule is CCCCN1C(=O)S/C(=C\c2ccccc2)C1c1ccc(Cl)cc1. The van der Waals surface area contributed by atoms with Crippen molar-refractivity contribution in [2.75, 3.05) is 6.54 Å². The van der Waals surface area contributed by atoms with E-state index in [1.807, 2.05) is 47.4 Å². The highest BCUT2D eigenvalue weighted by molar-refractivity contribution is 8.17. The summed E-state index contributed by atoms with van der Waals surface area (Å²) in [6.45, 7) is 2.92. The second-order valence-corrected chi connectivity index (χ2v) is 7.29. The molecule has 2 nitrogen and oxygen atoms in total. The Hall–Kier alpha value is -1.71. The van der Waals surface area contributed by atoms with E-state index in [9.17, 15) is 4.79 Å². The number of rotatable bonds is 5. The van der Waals surface area contributed by atoms with E-state index in [1.54, 1.807) is 0 Å². The third-order valence-corrected chi connectivity index (χ3v) is 5.31. The lowest BCUT2D eigenvalue weighted by atomic mass is 10.0. The quantitative estimate of drug-likeness (QED) is 0.617. The number of thioether (sulfide) groups is 1. The number of carbonyl (C=O) groups is 1. The molecule has 2 aromatic rings. The summed E-state index contributed by atoms with van der Waals surface area (Å²) in [5, 5.41) is 0.843. The van der Waals surface area contributed by atoms with Crippen LogP contribution in [0.4, 0.5) is 4.79 Å². The van der Waals surface area contributed by atoms with Crippen molar-refractivity contribution in [3.8, 4) is 0 Å². The van der Waals surface area contributed by atoms with Gasteiger partial charge in [0.1, 0.15) is 0 Å². The van der Waals surface area contributed by atoms with Crippen LogP contribution < -0.4 is 0 Å². The first-order chi connectivity index (χ1) is 11.7. The molecule has 1 atom stereocenters. The molecule has 1 heterocycles. The Morgan fingerprint density at radius 1 is 1.12 bits per heavy atom. The molecule has 0 spiro atoms. The zero-order valence-electron chi connectivity index (χ0n) is 13.6. The molecule has 124 valence electrons. The molecular formula is C20H20ClNOS. The van der Waals surface area contributed by atoms with Crippen molar-refractivity contribution in [3.05, 3.63) is 75.7 Å². The van der Waals surface area contributed by atoms with E-state index in [4.69, 9.17) is 11.6 Å². The number of nitrogens with zero attached hydrogens (tertiary/aromatic N) is 1. The van der Waals surface area contributed by atoms with Crippen LogP contribution in [0.15, 0.2) is 59.5 Å². The van der Waals surface area contributed by atoms with Gasteiger partial charge >= 0.3 is 0 Å². The Balaban J connectivity index is 1.98. The summed E-state index contributed by atoms with van der Waals surface area (Å²) in [6, 6.07) is 17.9. The maximum Gasteiger partial charge on any atom is 0.287 e. The van der Waals surface area contributed by atoms with Gasteiger partial charge in [0.25, 0.3) is 5.24 Å². The van der Waals surface area contributed by atoms with E-state index in [-0.39, 0.29) is 11.3 Å². The van der Waals surface area contributed by atoms with E-state index in [0.717, 1.165) is 35.4 Å². The molecule has 0 saturated carbocycles. The molecule has 0 radical (unpaired) electrons. The number of amides is 1. The number of hydrogen-bond donors (Lipinski definition) is 0. The highest BCUT2D eigenvalue weighted by atomic mass is 35.5. The third kappa shape index (κ3) is 3.85. The Bertz CT molecular complexity index is 727. The van der Waals surface area contributed by atoms with Gasteiger partial charge in [0.15, 0.2) is 0 Å². The fourth-order valence-corrected chi connectivity index (χ4v) is 4.05. The van der Waals surface area contributed by atoms with Crippen LogP contribution in [0.2, 0.25) is 5.02 Å². The summed E-state index contributed by atoms with van der Waals surface area (Å²) in [5.41, 5.74) is 2.22. The topological polar surface area (TPSA) is 20.3 Å². The number of benzene rings is 2. The second-order valence-electron chi connectivity index (χ2n) is 5.83. The van der Waals surface area contributed by atoms with Gasteiger partial charge in [-0.25, -0.2) is 0 Å².